The largest absolute Gasteiger partial charge is 0.490 e. The molecule has 0 radical (unpaired) electrons. The zero-order valence-corrected chi connectivity index (χ0v) is 21.3. The van der Waals surface area contributed by atoms with Crippen LogP contribution >= 0.6 is 0 Å². The van der Waals surface area contributed by atoms with Crippen LogP contribution < -0.4 is 25.7 Å². The van der Waals surface area contributed by atoms with E-state index < -0.39 is 34.4 Å². The highest BCUT2D eigenvalue weighted by atomic mass is 16.5. The topological polar surface area (TPSA) is 172 Å². The average molecular weight is 544 g/mol. The van der Waals surface area contributed by atoms with Crippen molar-refractivity contribution in [1.82, 2.24) is 4.98 Å². The molecule has 0 spiro atoms. The quantitative estimate of drug-likeness (QED) is 0.229. The molecule has 0 saturated heterocycles. The highest BCUT2D eigenvalue weighted by Crippen LogP contribution is 2.36. The van der Waals surface area contributed by atoms with E-state index >= 15 is 0 Å². The second-order valence-electron chi connectivity index (χ2n) is 8.39. The van der Waals surface area contributed by atoms with Crippen LogP contribution in [-0.2, 0) is 4.79 Å². The summed E-state index contributed by atoms with van der Waals surface area (Å²) in [6, 6.07) is 22.2. The van der Waals surface area contributed by atoms with Crippen molar-refractivity contribution in [3.05, 3.63) is 100 Å². The number of pyridine rings is 1. The number of aromatic nitrogens is 1. The van der Waals surface area contributed by atoms with E-state index in [0.717, 1.165) is 0 Å². The normalized spacial score (nSPS) is 10.5. The maximum atomic E-state index is 13.4. The molecule has 1 heterocycles. The summed E-state index contributed by atoms with van der Waals surface area (Å²) >= 11 is 0. The number of hydrogen-bond donors (Lipinski definition) is 4. The number of aromatic carboxylic acids is 2. The fourth-order valence-electron chi connectivity index (χ4n) is 4.18. The maximum absolute atomic E-state index is 13.4. The van der Waals surface area contributed by atoms with Crippen LogP contribution in [0.5, 0.6) is 11.5 Å². The Morgan fingerprint density at radius 1 is 0.825 bits per heavy atom. The standard InChI is InChI=1S/C29H25N3O8/c1-2-39-21-15-17(23-24(28(35)36)26(30)31-27(34)25(23)29(37)38)13-14-20(21)40-16-22(33)32(18-9-5-3-6-10-18)19-11-7-4-8-12-19/h3-15H,2,16H2,1H3,(H,35,36)(H,37,38)(H3,30,31,34). The number of hydrogen-bond acceptors (Lipinski definition) is 7. The van der Waals surface area contributed by atoms with Gasteiger partial charge in [-0.05, 0) is 48.9 Å². The van der Waals surface area contributed by atoms with Gasteiger partial charge in [-0.2, -0.15) is 0 Å². The average Bonchev–Trinajstić information content (AvgIpc) is 2.93. The zero-order chi connectivity index (χ0) is 28.8. The van der Waals surface area contributed by atoms with Crippen molar-refractivity contribution < 1.29 is 34.1 Å². The molecule has 0 atom stereocenters. The van der Waals surface area contributed by atoms with Crippen molar-refractivity contribution in [3.63, 3.8) is 0 Å². The highest BCUT2D eigenvalue weighted by Gasteiger charge is 2.27. The Hall–Kier alpha value is -5.58. The Morgan fingerprint density at radius 2 is 1.40 bits per heavy atom. The lowest BCUT2D eigenvalue weighted by Crippen LogP contribution is -2.31. The highest BCUT2D eigenvalue weighted by molar-refractivity contribution is 6.07. The Morgan fingerprint density at radius 3 is 1.93 bits per heavy atom. The molecule has 0 aliphatic rings. The predicted octanol–water partition coefficient (Wildman–Crippen LogP) is 4.16. The monoisotopic (exact) mass is 543 g/mol. The second kappa shape index (κ2) is 11.9. The number of nitrogens with two attached hydrogens (primary N) is 1. The molecule has 3 aromatic carbocycles. The molecule has 204 valence electrons. The van der Waals surface area contributed by atoms with Crippen molar-refractivity contribution in [2.24, 2.45) is 0 Å². The number of ether oxygens (including phenoxy) is 2. The summed E-state index contributed by atoms with van der Waals surface area (Å²) in [5, 5.41) is 19.4. The number of para-hydroxylation sites is 2. The van der Waals surface area contributed by atoms with Crippen molar-refractivity contribution in [2.75, 3.05) is 23.8 Å². The van der Waals surface area contributed by atoms with Crippen LogP contribution in [-0.4, -0.2) is 46.3 Å². The Kier molecular flexibility index (Phi) is 8.14. The van der Waals surface area contributed by atoms with Gasteiger partial charge in [-0.15, -0.1) is 0 Å². The number of nitrogens with zero attached hydrogens (tertiary/aromatic N) is 1. The Labute approximate surface area is 228 Å². The number of nitrogen functional groups attached to an aromatic ring is 1. The summed E-state index contributed by atoms with van der Waals surface area (Å²) in [6.45, 7) is 1.48. The van der Waals surface area contributed by atoms with Gasteiger partial charge in [-0.1, -0.05) is 42.5 Å². The van der Waals surface area contributed by atoms with Crippen LogP contribution in [0.25, 0.3) is 11.1 Å². The number of nitrogens with one attached hydrogen (secondary N) is 1. The number of aromatic amines is 1. The van der Waals surface area contributed by atoms with E-state index in [9.17, 15) is 29.4 Å². The lowest BCUT2D eigenvalue weighted by atomic mass is 9.95. The van der Waals surface area contributed by atoms with Crippen LogP contribution in [0.3, 0.4) is 0 Å². The van der Waals surface area contributed by atoms with Crippen molar-refractivity contribution in [2.45, 2.75) is 6.92 Å². The fourth-order valence-corrected chi connectivity index (χ4v) is 4.18. The minimum absolute atomic E-state index is 0.0462. The summed E-state index contributed by atoms with van der Waals surface area (Å²) < 4.78 is 11.5. The van der Waals surface area contributed by atoms with Gasteiger partial charge in [0.1, 0.15) is 16.9 Å². The Balaban J connectivity index is 1.72. The SMILES string of the molecule is CCOc1cc(-c2c(C(=O)O)c(N)[nH]c(=O)c2C(=O)O)ccc1OCC(=O)N(c1ccccc1)c1ccccc1. The molecule has 4 rings (SSSR count). The van der Waals surface area contributed by atoms with Crippen molar-refractivity contribution in [1.29, 1.82) is 0 Å². The molecule has 0 fully saturated rings. The molecule has 4 aromatic rings. The van der Waals surface area contributed by atoms with Gasteiger partial charge < -0.3 is 30.4 Å². The van der Waals surface area contributed by atoms with Crippen molar-refractivity contribution >= 4 is 35.0 Å². The van der Waals surface area contributed by atoms with E-state index in [0.29, 0.717) is 11.4 Å². The molecular formula is C29H25N3O8. The molecule has 0 aliphatic carbocycles. The predicted molar refractivity (Wildman–Crippen MR) is 148 cm³/mol. The molecule has 0 unspecified atom stereocenters. The first kappa shape index (κ1) is 27.5. The third kappa shape index (κ3) is 5.63. The number of carbonyl (C=O) groups excluding carboxylic acids is 1. The number of H-pyrrole nitrogens is 1. The van der Waals surface area contributed by atoms with Gasteiger partial charge in [0.15, 0.2) is 18.1 Å². The van der Waals surface area contributed by atoms with Crippen LogP contribution in [0, 0.1) is 0 Å². The molecule has 0 saturated carbocycles. The lowest BCUT2D eigenvalue weighted by molar-refractivity contribution is -0.119. The maximum Gasteiger partial charge on any atom is 0.342 e. The van der Waals surface area contributed by atoms with E-state index in [4.69, 9.17) is 15.2 Å². The zero-order valence-electron chi connectivity index (χ0n) is 21.3. The molecule has 40 heavy (non-hydrogen) atoms. The van der Waals surface area contributed by atoms with Gasteiger partial charge in [-0.3, -0.25) is 14.5 Å². The molecule has 1 amide bonds. The van der Waals surface area contributed by atoms with Gasteiger partial charge in [0.05, 0.1) is 6.61 Å². The molecule has 5 N–H and O–H groups in total. The van der Waals surface area contributed by atoms with Crippen LogP contribution in [0.4, 0.5) is 17.2 Å². The molecular weight excluding hydrogens is 518 g/mol. The first-order valence-corrected chi connectivity index (χ1v) is 12.1. The van der Waals surface area contributed by atoms with Crippen molar-refractivity contribution in [3.8, 4) is 22.6 Å². The number of carboxylic acid groups (broad SMARTS) is 2. The number of anilines is 3. The van der Waals surface area contributed by atoms with Gasteiger partial charge in [-0.25, -0.2) is 9.59 Å². The third-order valence-electron chi connectivity index (χ3n) is 5.83. The van der Waals surface area contributed by atoms with Crippen LogP contribution in [0.15, 0.2) is 83.7 Å². The minimum atomic E-state index is -1.63. The van der Waals surface area contributed by atoms with Crippen LogP contribution in [0.1, 0.15) is 27.6 Å². The van der Waals surface area contributed by atoms with E-state index in [1.165, 1.54) is 23.1 Å². The van der Waals surface area contributed by atoms with Gasteiger partial charge >= 0.3 is 11.9 Å². The number of carboxylic acids is 2. The van der Waals surface area contributed by atoms with Gasteiger partial charge in [0.25, 0.3) is 11.5 Å². The molecule has 1 aromatic heterocycles. The van der Waals surface area contributed by atoms with Crippen LogP contribution in [0.2, 0.25) is 0 Å². The smallest absolute Gasteiger partial charge is 0.342 e. The van der Waals surface area contributed by atoms with E-state index in [1.54, 1.807) is 31.2 Å². The van der Waals surface area contributed by atoms with E-state index in [1.807, 2.05) is 36.4 Å². The minimum Gasteiger partial charge on any atom is -0.490 e. The number of carbonyl (C=O) groups is 3. The second-order valence-corrected chi connectivity index (χ2v) is 8.39. The first-order chi connectivity index (χ1) is 19.2. The summed E-state index contributed by atoms with van der Waals surface area (Å²) in [5.41, 5.74) is 4.24. The number of rotatable bonds is 10. The summed E-state index contributed by atoms with van der Waals surface area (Å²) in [7, 11) is 0. The summed E-state index contributed by atoms with van der Waals surface area (Å²) in [6.07, 6.45) is 0. The fraction of sp³-hybridized carbons (Fsp3) is 0.103. The molecule has 11 nitrogen and oxygen atoms in total. The Bertz CT molecular complexity index is 1580. The van der Waals surface area contributed by atoms with E-state index in [2.05, 4.69) is 4.98 Å². The molecule has 0 bridgehead atoms. The first-order valence-electron chi connectivity index (χ1n) is 12.1. The molecule has 0 aliphatic heterocycles. The summed E-state index contributed by atoms with van der Waals surface area (Å²) in [4.78, 5) is 53.2. The van der Waals surface area contributed by atoms with Gasteiger partial charge in [0, 0.05) is 16.9 Å². The lowest BCUT2D eigenvalue weighted by Gasteiger charge is -2.23. The van der Waals surface area contributed by atoms with E-state index in [-0.39, 0.29) is 41.7 Å². The summed E-state index contributed by atoms with van der Waals surface area (Å²) in [5.74, 6) is -3.80. The third-order valence-corrected chi connectivity index (χ3v) is 5.83. The van der Waals surface area contributed by atoms with Gasteiger partial charge in [0.2, 0.25) is 0 Å². The number of amides is 1. The molecule has 11 heteroatoms. The number of benzene rings is 3.